The van der Waals surface area contributed by atoms with Gasteiger partial charge in [-0.2, -0.15) is 0 Å². The molecule has 24 heavy (non-hydrogen) atoms. The Morgan fingerprint density at radius 3 is 2.79 bits per heavy atom. The van der Waals surface area contributed by atoms with Crippen LogP contribution in [0.25, 0.3) is 16.9 Å². The summed E-state index contributed by atoms with van der Waals surface area (Å²) in [5, 5.41) is 0. The lowest BCUT2D eigenvalue weighted by atomic mass is 9.70. The molecule has 1 fully saturated rings. The van der Waals surface area contributed by atoms with Gasteiger partial charge >= 0.3 is 0 Å². The Morgan fingerprint density at radius 1 is 1.25 bits per heavy atom. The molecule has 0 atom stereocenters. The minimum absolute atomic E-state index is 0.186. The Labute approximate surface area is 141 Å². The maximum absolute atomic E-state index is 5.65. The lowest BCUT2D eigenvalue weighted by Crippen LogP contribution is -2.32. The average Bonchev–Trinajstić information content (AvgIpc) is 2.90. The van der Waals surface area contributed by atoms with Crippen molar-refractivity contribution in [1.29, 1.82) is 0 Å². The van der Waals surface area contributed by atoms with Gasteiger partial charge in [0.2, 0.25) is 5.88 Å². The summed E-state index contributed by atoms with van der Waals surface area (Å²) in [5.41, 5.74) is 3.86. The Bertz CT molecular complexity index is 896. The van der Waals surface area contributed by atoms with Gasteiger partial charge in [-0.3, -0.25) is 4.40 Å². The summed E-state index contributed by atoms with van der Waals surface area (Å²) in [6, 6.07) is 5.93. The molecular formula is C19H22N4O. The van der Waals surface area contributed by atoms with Crippen molar-refractivity contribution in [3.05, 3.63) is 42.1 Å². The number of imidazole rings is 1. The molecular weight excluding hydrogens is 300 g/mol. The monoisotopic (exact) mass is 322 g/mol. The fourth-order valence-corrected chi connectivity index (χ4v) is 3.45. The summed E-state index contributed by atoms with van der Waals surface area (Å²) in [7, 11) is 0. The maximum Gasteiger partial charge on any atom is 0.222 e. The van der Waals surface area contributed by atoms with Gasteiger partial charge in [-0.05, 0) is 44.9 Å². The zero-order valence-electron chi connectivity index (χ0n) is 14.4. The standard InChI is InChI=1S/C19H22N4O/c1-4-24-17-14(7-5-11-20-17)15-8-12-23-16(22-15)13(2)21-18(23)19(3)9-6-10-19/h5,7-8,11-12H,4,6,9-10H2,1-3H3. The van der Waals surface area contributed by atoms with E-state index in [1.807, 2.05) is 32.0 Å². The van der Waals surface area contributed by atoms with Gasteiger partial charge < -0.3 is 4.74 Å². The maximum atomic E-state index is 5.65. The number of rotatable bonds is 4. The van der Waals surface area contributed by atoms with Crippen LogP contribution >= 0.6 is 0 Å². The normalized spacial score (nSPS) is 16.1. The number of fused-ring (bicyclic) bond motifs is 1. The molecule has 0 aromatic carbocycles. The first kappa shape index (κ1) is 15.1. The van der Waals surface area contributed by atoms with Crippen LogP contribution in [0.4, 0.5) is 0 Å². The van der Waals surface area contributed by atoms with E-state index in [0.29, 0.717) is 12.5 Å². The number of nitrogens with zero attached hydrogens (tertiary/aromatic N) is 4. The molecule has 0 bridgehead atoms. The summed E-state index contributed by atoms with van der Waals surface area (Å²) < 4.78 is 7.79. The van der Waals surface area contributed by atoms with Crippen LogP contribution in [-0.2, 0) is 5.41 Å². The van der Waals surface area contributed by atoms with Crippen LogP contribution in [0.5, 0.6) is 5.88 Å². The number of ether oxygens (including phenoxy) is 1. The lowest BCUT2D eigenvalue weighted by Gasteiger charge is -2.36. The molecule has 3 aromatic heterocycles. The molecule has 0 saturated heterocycles. The molecule has 0 amide bonds. The topological polar surface area (TPSA) is 52.3 Å². The summed E-state index contributed by atoms with van der Waals surface area (Å²) in [6.07, 6.45) is 7.50. The van der Waals surface area contributed by atoms with Crippen molar-refractivity contribution < 1.29 is 4.74 Å². The molecule has 4 rings (SSSR count). The summed E-state index contributed by atoms with van der Waals surface area (Å²) >= 11 is 0. The largest absolute Gasteiger partial charge is 0.477 e. The highest BCUT2D eigenvalue weighted by atomic mass is 16.5. The SMILES string of the molecule is CCOc1ncccc1-c1ccn2c(C3(C)CCC3)nc(C)c2n1. The average molecular weight is 322 g/mol. The summed E-state index contributed by atoms with van der Waals surface area (Å²) in [6.45, 7) is 6.87. The van der Waals surface area contributed by atoms with Crippen molar-refractivity contribution in [3.8, 4) is 17.1 Å². The third-order valence-electron chi connectivity index (χ3n) is 4.99. The highest BCUT2D eigenvalue weighted by Gasteiger charge is 2.37. The molecule has 3 heterocycles. The van der Waals surface area contributed by atoms with E-state index < -0.39 is 0 Å². The van der Waals surface area contributed by atoms with Gasteiger partial charge in [0.25, 0.3) is 0 Å². The molecule has 1 aliphatic carbocycles. The lowest BCUT2D eigenvalue weighted by molar-refractivity contribution is 0.255. The molecule has 0 radical (unpaired) electrons. The fourth-order valence-electron chi connectivity index (χ4n) is 3.45. The number of hydrogen-bond donors (Lipinski definition) is 0. The molecule has 124 valence electrons. The predicted octanol–water partition coefficient (Wildman–Crippen LogP) is 3.94. The van der Waals surface area contributed by atoms with Crippen LogP contribution < -0.4 is 4.74 Å². The van der Waals surface area contributed by atoms with Gasteiger partial charge in [-0.25, -0.2) is 15.0 Å². The summed E-state index contributed by atoms with van der Waals surface area (Å²) in [4.78, 5) is 14.0. The molecule has 0 N–H and O–H groups in total. The van der Waals surface area contributed by atoms with Crippen molar-refractivity contribution in [2.45, 2.75) is 45.4 Å². The third-order valence-corrected chi connectivity index (χ3v) is 4.99. The van der Waals surface area contributed by atoms with E-state index >= 15 is 0 Å². The van der Waals surface area contributed by atoms with Crippen molar-refractivity contribution in [1.82, 2.24) is 19.4 Å². The zero-order valence-corrected chi connectivity index (χ0v) is 14.4. The van der Waals surface area contributed by atoms with Crippen molar-refractivity contribution in [2.75, 3.05) is 6.61 Å². The highest BCUT2D eigenvalue weighted by molar-refractivity contribution is 5.67. The van der Waals surface area contributed by atoms with Gasteiger partial charge in [0, 0.05) is 17.8 Å². The molecule has 0 unspecified atom stereocenters. The van der Waals surface area contributed by atoms with Crippen molar-refractivity contribution >= 4 is 5.65 Å². The van der Waals surface area contributed by atoms with E-state index in [-0.39, 0.29) is 5.41 Å². The van der Waals surface area contributed by atoms with Gasteiger partial charge in [-0.1, -0.05) is 13.3 Å². The van der Waals surface area contributed by atoms with Crippen LogP contribution in [0.2, 0.25) is 0 Å². The minimum Gasteiger partial charge on any atom is -0.477 e. The Balaban J connectivity index is 1.84. The van der Waals surface area contributed by atoms with Crippen LogP contribution in [0.3, 0.4) is 0 Å². The summed E-state index contributed by atoms with van der Waals surface area (Å²) in [5.74, 6) is 1.76. The van der Waals surface area contributed by atoms with Gasteiger partial charge in [0.05, 0.1) is 23.6 Å². The first-order chi connectivity index (χ1) is 11.6. The second-order valence-corrected chi connectivity index (χ2v) is 6.73. The molecule has 5 heteroatoms. The number of aromatic nitrogens is 4. The number of aryl methyl sites for hydroxylation is 1. The third kappa shape index (κ3) is 2.27. The van der Waals surface area contributed by atoms with Crippen LogP contribution in [-0.4, -0.2) is 26.0 Å². The minimum atomic E-state index is 0.186. The number of pyridine rings is 1. The number of hydrogen-bond acceptors (Lipinski definition) is 4. The Hall–Kier alpha value is -2.43. The second-order valence-electron chi connectivity index (χ2n) is 6.73. The van der Waals surface area contributed by atoms with E-state index in [1.54, 1.807) is 6.20 Å². The zero-order chi connectivity index (χ0) is 16.7. The smallest absolute Gasteiger partial charge is 0.222 e. The molecule has 1 saturated carbocycles. The quantitative estimate of drug-likeness (QED) is 0.730. The van der Waals surface area contributed by atoms with Gasteiger partial charge in [0.1, 0.15) is 5.82 Å². The fraction of sp³-hybridized carbons (Fsp3) is 0.421. The van der Waals surface area contributed by atoms with Crippen LogP contribution in [0.1, 0.15) is 44.6 Å². The van der Waals surface area contributed by atoms with E-state index in [4.69, 9.17) is 14.7 Å². The van der Waals surface area contributed by atoms with E-state index in [9.17, 15) is 0 Å². The van der Waals surface area contributed by atoms with E-state index in [1.165, 1.54) is 19.3 Å². The first-order valence-electron chi connectivity index (χ1n) is 8.57. The molecule has 5 nitrogen and oxygen atoms in total. The van der Waals surface area contributed by atoms with Gasteiger partial charge in [-0.15, -0.1) is 0 Å². The second kappa shape index (κ2) is 5.58. The van der Waals surface area contributed by atoms with Crippen molar-refractivity contribution in [3.63, 3.8) is 0 Å². The van der Waals surface area contributed by atoms with E-state index in [0.717, 1.165) is 28.4 Å². The van der Waals surface area contributed by atoms with Crippen LogP contribution in [0.15, 0.2) is 30.6 Å². The molecule has 1 aliphatic rings. The molecule has 0 spiro atoms. The highest BCUT2D eigenvalue weighted by Crippen LogP contribution is 2.43. The Kier molecular flexibility index (Phi) is 3.52. The Morgan fingerprint density at radius 2 is 2.08 bits per heavy atom. The molecule has 0 aliphatic heterocycles. The van der Waals surface area contributed by atoms with E-state index in [2.05, 4.69) is 22.5 Å². The van der Waals surface area contributed by atoms with Gasteiger partial charge in [0.15, 0.2) is 5.65 Å². The van der Waals surface area contributed by atoms with Crippen molar-refractivity contribution in [2.24, 2.45) is 0 Å². The van der Waals surface area contributed by atoms with Crippen LogP contribution in [0, 0.1) is 6.92 Å². The predicted molar refractivity (Wildman–Crippen MR) is 93.3 cm³/mol. The first-order valence-corrected chi connectivity index (χ1v) is 8.57. The molecule has 3 aromatic rings.